The zero-order chi connectivity index (χ0) is 25.8. The van der Waals surface area contributed by atoms with Gasteiger partial charge in [-0.1, -0.05) is 17.8 Å². The summed E-state index contributed by atoms with van der Waals surface area (Å²) in [5, 5.41) is 2.49. The van der Waals surface area contributed by atoms with Gasteiger partial charge < -0.3 is 15.0 Å². The molecule has 184 valence electrons. The van der Waals surface area contributed by atoms with E-state index in [-0.39, 0.29) is 10.9 Å². The lowest BCUT2D eigenvalue weighted by Crippen LogP contribution is -2.20. The van der Waals surface area contributed by atoms with Crippen LogP contribution in [0.25, 0.3) is 0 Å². The maximum absolute atomic E-state index is 12.9. The molecular weight excluding hydrogens is 511 g/mol. The molecule has 1 heterocycles. The van der Waals surface area contributed by atoms with E-state index in [2.05, 4.69) is 20.0 Å². The Labute approximate surface area is 200 Å². The average Bonchev–Trinajstić information content (AvgIpc) is 2.82. The van der Waals surface area contributed by atoms with Crippen molar-refractivity contribution in [2.75, 3.05) is 18.2 Å². The van der Waals surface area contributed by atoms with Crippen LogP contribution in [0.4, 0.5) is 18.9 Å². The minimum Gasteiger partial charge on any atom is -0.465 e. The molecule has 2 aromatic carbocycles. The molecule has 0 radical (unpaired) electrons. The van der Waals surface area contributed by atoms with Gasteiger partial charge in [0.2, 0.25) is 15.7 Å². The fourth-order valence-corrected chi connectivity index (χ4v) is 4.65. The number of amides is 1. The molecular formula is C21H16F3N3O6S2. The second-order valence-corrected chi connectivity index (χ2v) is 9.70. The van der Waals surface area contributed by atoms with Gasteiger partial charge in [0.05, 0.1) is 35.1 Å². The first-order valence-electron chi connectivity index (χ1n) is 9.54. The number of carbonyl (C=O) groups excluding carboxylic acids is 2. The quantitative estimate of drug-likeness (QED) is 0.272. The summed E-state index contributed by atoms with van der Waals surface area (Å²) < 4.78 is 68.7. The topological polar surface area (TPSA) is 135 Å². The first-order chi connectivity index (χ1) is 16.4. The fourth-order valence-electron chi connectivity index (χ4n) is 2.74. The number of halogens is 3. The number of benzene rings is 2. The van der Waals surface area contributed by atoms with Crippen molar-refractivity contribution in [3.05, 3.63) is 76.2 Å². The summed E-state index contributed by atoms with van der Waals surface area (Å²) >= 11 is 0.798. The second kappa shape index (κ2) is 10.3. The van der Waals surface area contributed by atoms with Gasteiger partial charge in [-0.3, -0.25) is 9.59 Å². The number of aromatic amines is 1. The van der Waals surface area contributed by atoms with E-state index in [1.54, 1.807) is 0 Å². The first kappa shape index (κ1) is 26.0. The lowest BCUT2D eigenvalue weighted by Gasteiger charge is -2.09. The van der Waals surface area contributed by atoms with E-state index >= 15 is 0 Å². The highest BCUT2D eigenvalue weighted by molar-refractivity contribution is 7.99. The van der Waals surface area contributed by atoms with Gasteiger partial charge in [0.15, 0.2) is 10.1 Å². The molecule has 0 unspecified atom stereocenters. The van der Waals surface area contributed by atoms with E-state index in [9.17, 15) is 36.0 Å². The van der Waals surface area contributed by atoms with Crippen LogP contribution < -0.4 is 10.9 Å². The van der Waals surface area contributed by atoms with Gasteiger partial charge in [-0.25, -0.2) is 18.2 Å². The lowest BCUT2D eigenvalue weighted by atomic mass is 10.2. The monoisotopic (exact) mass is 527 g/mol. The van der Waals surface area contributed by atoms with Gasteiger partial charge in [0.25, 0.3) is 5.56 Å². The van der Waals surface area contributed by atoms with Gasteiger partial charge in [-0.2, -0.15) is 13.2 Å². The molecule has 0 bridgehead atoms. The number of hydrogen-bond donors (Lipinski definition) is 2. The predicted octanol–water partition coefficient (Wildman–Crippen LogP) is 3.14. The number of alkyl halides is 3. The number of thioether (sulfide) groups is 1. The molecule has 0 aliphatic rings. The Morgan fingerprint density at radius 1 is 1.14 bits per heavy atom. The van der Waals surface area contributed by atoms with Crippen molar-refractivity contribution >= 4 is 39.2 Å². The molecule has 3 rings (SSSR count). The second-order valence-electron chi connectivity index (χ2n) is 6.82. The van der Waals surface area contributed by atoms with Gasteiger partial charge in [0.1, 0.15) is 0 Å². The summed E-state index contributed by atoms with van der Waals surface area (Å²) in [6, 6.07) is 8.89. The van der Waals surface area contributed by atoms with Crippen molar-refractivity contribution in [1.82, 2.24) is 9.97 Å². The highest BCUT2D eigenvalue weighted by Gasteiger charge is 2.32. The van der Waals surface area contributed by atoms with E-state index < -0.39 is 48.8 Å². The van der Waals surface area contributed by atoms with E-state index in [0.717, 1.165) is 30.1 Å². The number of aromatic nitrogens is 2. The summed E-state index contributed by atoms with van der Waals surface area (Å²) in [6.07, 6.45) is -4.04. The smallest absolute Gasteiger partial charge is 0.416 e. The summed E-state index contributed by atoms with van der Waals surface area (Å²) in [5.74, 6) is -1.22. The molecule has 0 spiro atoms. The van der Waals surface area contributed by atoms with Crippen molar-refractivity contribution in [1.29, 1.82) is 0 Å². The number of rotatable bonds is 7. The molecule has 0 aliphatic heterocycles. The third-order valence-electron chi connectivity index (χ3n) is 4.43. The minimum absolute atomic E-state index is 0.0748. The zero-order valence-electron chi connectivity index (χ0n) is 17.8. The Morgan fingerprint density at radius 2 is 1.83 bits per heavy atom. The minimum atomic E-state index is -4.76. The van der Waals surface area contributed by atoms with Crippen molar-refractivity contribution < 1.29 is 35.9 Å². The van der Waals surface area contributed by atoms with Crippen LogP contribution >= 0.6 is 11.8 Å². The van der Waals surface area contributed by atoms with E-state index in [4.69, 9.17) is 0 Å². The maximum Gasteiger partial charge on any atom is 0.416 e. The number of carbonyl (C=O) groups is 2. The standard InChI is InChI=1S/C21H16F3N3O6S2/c1-33-19(30)12-5-7-14(8-6-12)26-17(28)11-34-20-25-10-16(18(29)27-20)35(31,32)15-4-2-3-13(9-15)21(22,23)24/h2-10H,11H2,1H3,(H,26,28)(H,25,27,29). The molecule has 35 heavy (non-hydrogen) atoms. The zero-order valence-corrected chi connectivity index (χ0v) is 19.4. The normalized spacial score (nSPS) is 11.7. The number of methoxy groups -OCH3 is 1. The molecule has 3 aromatic rings. The number of nitrogens with one attached hydrogen (secondary N) is 2. The molecule has 0 fully saturated rings. The van der Waals surface area contributed by atoms with Crippen molar-refractivity contribution in [2.45, 2.75) is 21.1 Å². The Hall–Kier alpha value is -3.65. The van der Waals surface area contributed by atoms with Crippen LogP contribution in [0.2, 0.25) is 0 Å². The number of esters is 1. The van der Waals surface area contributed by atoms with Crippen molar-refractivity contribution in [3.8, 4) is 0 Å². The summed E-state index contributed by atoms with van der Waals surface area (Å²) in [7, 11) is -3.34. The molecule has 0 atom stereocenters. The van der Waals surface area contributed by atoms with Gasteiger partial charge in [0, 0.05) is 5.69 Å². The van der Waals surface area contributed by atoms with Crippen LogP contribution in [0, 0.1) is 0 Å². The van der Waals surface area contributed by atoms with E-state index in [1.165, 1.54) is 31.4 Å². The Bertz CT molecular complexity index is 1420. The molecule has 1 aromatic heterocycles. The van der Waals surface area contributed by atoms with Crippen LogP contribution in [0.15, 0.2) is 74.5 Å². The van der Waals surface area contributed by atoms with Crippen LogP contribution in [-0.4, -0.2) is 43.1 Å². The van der Waals surface area contributed by atoms with Crippen LogP contribution in [0.3, 0.4) is 0 Å². The Kier molecular flexibility index (Phi) is 7.65. The predicted molar refractivity (Wildman–Crippen MR) is 119 cm³/mol. The number of ether oxygens (including phenoxy) is 1. The molecule has 14 heteroatoms. The Balaban J connectivity index is 1.69. The molecule has 0 saturated carbocycles. The fraction of sp³-hybridized carbons (Fsp3) is 0.143. The largest absolute Gasteiger partial charge is 0.465 e. The average molecular weight is 528 g/mol. The SMILES string of the molecule is COC(=O)c1ccc(NC(=O)CSc2ncc(S(=O)(=O)c3cccc(C(F)(F)F)c3)c(=O)[nH]2)cc1. The summed E-state index contributed by atoms with van der Waals surface area (Å²) in [5.41, 5.74) is -1.59. The third-order valence-corrected chi connectivity index (χ3v) is 7.07. The molecule has 9 nitrogen and oxygen atoms in total. The number of anilines is 1. The number of hydrogen-bond acceptors (Lipinski definition) is 8. The van der Waals surface area contributed by atoms with Gasteiger partial charge in [-0.05, 0) is 42.5 Å². The van der Waals surface area contributed by atoms with E-state index in [1.807, 2.05) is 0 Å². The summed E-state index contributed by atoms with van der Waals surface area (Å²) in [6.45, 7) is 0. The van der Waals surface area contributed by atoms with Crippen molar-refractivity contribution in [3.63, 3.8) is 0 Å². The van der Waals surface area contributed by atoms with Crippen molar-refractivity contribution in [2.24, 2.45) is 0 Å². The highest BCUT2D eigenvalue weighted by Crippen LogP contribution is 2.31. The molecule has 0 aliphatic carbocycles. The number of nitrogens with zero attached hydrogens (tertiary/aromatic N) is 1. The molecule has 2 N–H and O–H groups in total. The number of H-pyrrole nitrogens is 1. The van der Waals surface area contributed by atoms with Crippen LogP contribution in [0.5, 0.6) is 0 Å². The van der Waals surface area contributed by atoms with E-state index in [0.29, 0.717) is 23.4 Å². The highest BCUT2D eigenvalue weighted by atomic mass is 32.2. The maximum atomic E-state index is 12.9. The van der Waals surface area contributed by atoms with Gasteiger partial charge in [-0.15, -0.1) is 0 Å². The van der Waals surface area contributed by atoms with Gasteiger partial charge >= 0.3 is 12.1 Å². The first-order valence-corrected chi connectivity index (χ1v) is 12.0. The lowest BCUT2D eigenvalue weighted by molar-refractivity contribution is -0.137. The van der Waals surface area contributed by atoms with Crippen LogP contribution in [0.1, 0.15) is 15.9 Å². The summed E-state index contributed by atoms with van der Waals surface area (Å²) in [4.78, 5) is 40.4. The molecule has 1 amide bonds. The third kappa shape index (κ3) is 6.27. The van der Waals surface area contributed by atoms with Crippen LogP contribution in [-0.2, 0) is 25.5 Å². The molecule has 0 saturated heterocycles. The number of sulfone groups is 1. The Morgan fingerprint density at radius 3 is 2.43 bits per heavy atom.